The number of fused-ring (bicyclic) bond motifs is 3. The van der Waals surface area contributed by atoms with Gasteiger partial charge in [0.25, 0.3) is 0 Å². The molecule has 0 bridgehead atoms. The monoisotopic (exact) mass is 325 g/mol. The normalized spacial score (nSPS) is 13.4. The minimum atomic E-state index is 0.195. The van der Waals surface area contributed by atoms with Crippen molar-refractivity contribution in [2.75, 3.05) is 0 Å². The molecule has 1 aliphatic heterocycles. The van der Waals surface area contributed by atoms with Crippen molar-refractivity contribution in [1.29, 1.82) is 0 Å². The molecule has 122 valence electrons. The Morgan fingerprint density at radius 1 is 0.800 bits per heavy atom. The second-order valence-corrected chi connectivity index (χ2v) is 6.79. The van der Waals surface area contributed by atoms with E-state index in [-0.39, 0.29) is 5.92 Å². The van der Waals surface area contributed by atoms with Crippen molar-refractivity contribution in [2.24, 2.45) is 0 Å². The second kappa shape index (κ2) is 5.25. The number of H-pyrrole nitrogens is 1. The zero-order valence-electron chi connectivity index (χ0n) is 14.3. The molecule has 0 amide bonds. The van der Waals surface area contributed by atoms with Gasteiger partial charge in [0.2, 0.25) is 0 Å². The lowest BCUT2D eigenvalue weighted by Crippen LogP contribution is -2.11. The number of para-hydroxylation sites is 2. The van der Waals surface area contributed by atoms with Crippen LogP contribution in [-0.4, -0.2) is 4.98 Å². The first-order valence-electron chi connectivity index (χ1n) is 8.67. The number of nitrogens with one attached hydrogen (secondary N) is 1. The van der Waals surface area contributed by atoms with Crippen molar-refractivity contribution in [3.05, 3.63) is 94.7 Å². The quantitative estimate of drug-likeness (QED) is 0.397. The highest BCUT2D eigenvalue weighted by Crippen LogP contribution is 2.47. The summed E-state index contributed by atoms with van der Waals surface area (Å²) in [5.41, 5.74) is 7.52. The van der Waals surface area contributed by atoms with Crippen LogP contribution in [0.15, 0.2) is 66.7 Å². The van der Waals surface area contributed by atoms with E-state index in [1.807, 2.05) is 12.1 Å². The van der Waals surface area contributed by atoms with Gasteiger partial charge in [-0.1, -0.05) is 42.5 Å². The maximum Gasteiger partial charge on any atom is 0.131 e. The second-order valence-electron chi connectivity index (χ2n) is 6.79. The van der Waals surface area contributed by atoms with Crippen molar-refractivity contribution in [3.8, 4) is 11.5 Å². The molecular weight excluding hydrogens is 306 g/mol. The average Bonchev–Trinajstić information content (AvgIpc) is 2.93. The van der Waals surface area contributed by atoms with Crippen LogP contribution < -0.4 is 4.74 Å². The molecule has 1 N–H and O–H groups in total. The highest BCUT2D eigenvalue weighted by atomic mass is 16.5. The fourth-order valence-electron chi connectivity index (χ4n) is 3.93. The van der Waals surface area contributed by atoms with Crippen molar-refractivity contribution in [2.45, 2.75) is 19.8 Å². The van der Waals surface area contributed by atoms with Crippen LogP contribution in [0, 0.1) is 13.8 Å². The summed E-state index contributed by atoms with van der Waals surface area (Å²) in [5.74, 6) is 2.10. The number of aromatic amines is 1. The van der Waals surface area contributed by atoms with Gasteiger partial charge in [-0.3, -0.25) is 0 Å². The molecule has 0 atom stereocenters. The largest absolute Gasteiger partial charge is 0.457 e. The highest BCUT2D eigenvalue weighted by molar-refractivity contribution is 5.85. The molecule has 4 aromatic rings. The third-order valence-corrected chi connectivity index (χ3v) is 5.35. The van der Waals surface area contributed by atoms with E-state index in [0.29, 0.717) is 0 Å². The predicted octanol–water partition coefficient (Wildman–Crippen LogP) is 6.07. The van der Waals surface area contributed by atoms with Crippen LogP contribution in [0.25, 0.3) is 10.9 Å². The molecule has 2 nitrogen and oxygen atoms in total. The lowest BCUT2D eigenvalue weighted by Gasteiger charge is -2.28. The van der Waals surface area contributed by atoms with Crippen molar-refractivity contribution < 1.29 is 4.74 Å². The van der Waals surface area contributed by atoms with Crippen LogP contribution in [0.4, 0.5) is 0 Å². The van der Waals surface area contributed by atoms with Gasteiger partial charge in [-0.2, -0.15) is 0 Å². The molecular formula is C23H19NO. The summed E-state index contributed by atoms with van der Waals surface area (Å²) >= 11 is 0. The fraction of sp³-hybridized carbons (Fsp3) is 0.130. The van der Waals surface area contributed by atoms with Gasteiger partial charge >= 0.3 is 0 Å². The number of benzene rings is 3. The Morgan fingerprint density at radius 2 is 1.44 bits per heavy atom. The smallest absolute Gasteiger partial charge is 0.131 e. The van der Waals surface area contributed by atoms with Gasteiger partial charge in [0.15, 0.2) is 0 Å². The summed E-state index contributed by atoms with van der Waals surface area (Å²) in [6.45, 7) is 4.32. The first-order chi connectivity index (χ1) is 12.2. The van der Waals surface area contributed by atoms with E-state index in [2.05, 4.69) is 73.4 Å². The number of aryl methyl sites for hydroxylation is 2. The Labute approximate surface area is 147 Å². The van der Waals surface area contributed by atoms with Crippen molar-refractivity contribution in [3.63, 3.8) is 0 Å². The van der Waals surface area contributed by atoms with E-state index in [1.54, 1.807) is 0 Å². The van der Waals surface area contributed by atoms with Crippen LogP contribution in [0.5, 0.6) is 11.5 Å². The number of hydrogen-bond acceptors (Lipinski definition) is 1. The zero-order chi connectivity index (χ0) is 17.0. The summed E-state index contributed by atoms with van der Waals surface area (Å²) < 4.78 is 6.14. The Kier molecular flexibility index (Phi) is 3.01. The molecule has 0 saturated carbocycles. The SMILES string of the molecule is Cc1[nH]c2ccc(C3c4ccccc4Oc4ccccc43)cc2c1C. The molecule has 0 unspecified atom stereocenters. The predicted molar refractivity (Wildman–Crippen MR) is 102 cm³/mol. The molecule has 2 heterocycles. The van der Waals surface area contributed by atoms with Gasteiger partial charge in [-0.05, 0) is 49.2 Å². The van der Waals surface area contributed by atoms with E-state index < -0.39 is 0 Å². The Balaban J connectivity index is 1.78. The molecule has 1 aromatic heterocycles. The summed E-state index contributed by atoms with van der Waals surface area (Å²) in [6, 6.07) is 23.5. The average molecular weight is 325 g/mol. The van der Waals surface area contributed by atoms with E-state index in [9.17, 15) is 0 Å². The minimum Gasteiger partial charge on any atom is -0.457 e. The summed E-state index contributed by atoms with van der Waals surface area (Å²) in [4.78, 5) is 3.47. The van der Waals surface area contributed by atoms with Gasteiger partial charge in [-0.25, -0.2) is 0 Å². The molecule has 25 heavy (non-hydrogen) atoms. The van der Waals surface area contributed by atoms with Crippen LogP contribution in [-0.2, 0) is 0 Å². The Hall–Kier alpha value is -3.00. The number of aromatic nitrogens is 1. The molecule has 5 rings (SSSR count). The van der Waals surface area contributed by atoms with Gasteiger partial charge in [0.1, 0.15) is 11.5 Å². The summed E-state index contributed by atoms with van der Waals surface area (Å²) in [7, 11) is 0. The van der Waals surface area contributed by atoms with E-state index >= 15 is 0 Å². The van der Waals surface area contributed by atoms with E-state index in [4.69, 9.17) is 4.74 Å². The van der Waals surface area contributed by atoms with E-state index in [0.717, 1.165) is 11.5 Å². The number of hydrogen-bond donors (Lipinski definition) is 1. The maximum atomic E-state index is 6.14. The van der Waals surface area contributed by atoms with Gasteiger partial charge in [-0.15, -0.1) is 0 Å². The van der Waals surface area contributed by atoms with Crippen molar-refractivity contribution in [1.82, 2.24) is 4.98 Å². The molecule has 0 spiro atoms. The van der Waals surface area contributed by atoms with Crippen LogP contribution in [0.1, 0.15) is 33.9 Å². The Bertz CT molecular complexity index is 1060. The molecule has 1 aliphatic rings. The topological polar surface area (TPSA) is 25.0 Å². The standard InChI is InChI=1S/C23H19NO/c1-14-15(2)24-20-12-11-16(13-19(14)20)23-17-7-3-5-9-21(17)25-22-10-6-4-8-18(22)23/h3-13,23-24H,1-2H3. The third kappa shape index (κ3) is 2.11. The molecule has 2 heteroatoms. The highest BCUT2D eigenvalue weighted by Gasteiger charge is 2.28. The number of ether oxygens (including phenoxy) is 1. The molecule has 0 aliphatic carbocycles. The maximum absolute atomic E-state index is 6.14. The van der Waals surface area contributed by atoms with Crippen LogP contribution in [0.2, 0.25) is 0 Å². The number of rotatable bonds is 1. The molecule has 0 fully saturated rings. The lowest BCUT2D eigenvalue weighted by atomic mass is 9.82. The van der Waals surface area contributed by atoms with Crippen LogP contribution >= 0.6 is 0 Å². The summed E-state index contributed by atoms with van der Waals surface area (Å²) in [6.07, 6.45) is 0. The fourth-order valence-corrected chi connectivity index (χ4v) is 3.93. The third-order valence-electron chi connectivity index (χ3n) is 5.35. The first kappa shape index (κ1) is 14.4. The minimum absolute atomic E-state index is 0.195. The first-order valence-corrected chi connectivity index (χ1v) is 8.67. The molecule has 0 saturated heterocycles. The molecule has 0 radical (unpaired) electrons. The van der Waals surface area contributed by atoms with Crippen molar-refractivity contribution >= 4 is 10.9 Å². The lowest BCUT2D eigenvalue weighted by molar-refractivity contribution is 0.453. The van der Waals surface area contributed by atoms with E-state index in [1.165, 1.54) is 38.9 Å². The summed E-state index contributed by atoms with van der Waals surface area (Å²) in [5, 5.41) is 1.30. The van der Waals surface area contributed by atoms with Crippen LogP contribution in [0.3, 0.4) is 0 Å². The van der Waals surface area contributed by atoms with Gasteiger partial charge in [0, 0.05) is 33.6 Å². The Morgan fingerprint density at radius 3 is 2.12 bits per heavy atom. The van der Waals surface area contributed by atoms with Gasteiger partial charge in [0.05, 0.1) is 0 Å². The van der Waals surface area contributed by atoms with Gasteiger partial charge < -0.3 is 9.72 Å². The molecule has 3 aromatic carbocycles. The zero-order valence-corrected chi connectivity index (χ0v) is 14.3.